The van der Waals surface area contributed by atoms with Crippen LogP contribution in [0, 0.1) is 0 Å². The highest BCUT2D eigenvalue weighted by Crippen LogP contribution is 2.33. The minimum absolute atomic E-state index is 0.133. The molecule has 2 aromatic carbocycles. The second-order valence-corrected chi connectivity index (χ2v) is 8.40. The summed E-state index contributed by atoms with van der Waals surface area (Å²) in [4.78, 5) is 12.4. The van der Waals surface area contributed by atoms with E-state index < -0.39 is 0 Å². The summed E-state index contributed by atoms with van der Waals surface area (Å²) in [6, 6.07) is 15.0. The maximum Gasteiger partial charge on any atom is 0.234 e. The van der Waals surface area contributed by atoms with Crippen molar-refractivity contribution in [3.05, 3.63) is 65.7 Å². The normalized spacial score (nSPS) is 10.9. The van der Waals surface area contributed by atoms with Crippen molar-refractivity contribution in [1.82, 2.24) is 14.8 Å². The van der Waals surface area contributed by atoms with E-state index in [0.29, 0.717) is 34.6 Å². The van der Waals surface area contributed by atoms with Crippen LogP contribution in [0.1, 0.15) is 0 Å². The highest BCUT2D eigenvalue weighted by molar-refractivity contribution is 9.10. The van der Waals surface area contributed by atoms with E-state index in [2.05, 4.69) is 38.0 Å². The number of furan rings is 1. The highest BCUT2D eigenvalue weighted by atomic mass is 79.9. The summed E-state index contributed by atoms with van der Waals surface area (Å²) in [5.41, 5.74) is 1.38. The number of para-hydroxylation sites is 1. The van der Waals surface area contributed by atoms with Gasteiger partial charge in [-0.2, -0.15) is 0 Å². The van der Waals surface area contributed by atoms with Gasteiger partial charge in [-0.25, -0.2) is 0 Å². The molecule has 31 heavy (non-hydrogen) atoms. The number of carbonyl (C=O) groups is 1. The maximum atomic E-state index is 12.4. The van der Waals surface area contributed by atoms with Gasteiger partial charge >= 0.3 is 0 Å². The Morgan fingerprint density at radius 2 is 2.13 bits per heavy atom. The molecule has 4 rings (SSSR count). The van der Waals surface area contributed by atoms with E-state index in [0.717, 1.165) is 15.5 Å². The Bertz CT molecular complexity index is 1250. The number of nitrogens with one attached hydrogen (secondary N) is 1. The predicted molar refractivity (Wildman–Crippen MR) is 125 cm³/mol. The Morgan fingerprint density at radius 3 is 2.90 bits per heavy atom. The van der Waals surface area contributed by atoms with Crippen molar-refractivity contribution < 1.29 is 13.9 Å². The van der Waals surface area contributed by atoms with E-state index in [9.17, 15) is 4.79 Å². The third kappa shape index (κ3) is 4.67. The Hall–Kier alpha value is -3.04. The number of allylic oxidation sites excluding steroid dienone is 1. The molecule has 0 aliphatic carbocycles. The number of halogens is 1. The lowest BCUT2D eigenvalue weighted by atomic mass is 10.2. The number of hydrogen-bond acceptors (Lipinski definition) is 6. The highest BCUT2D eigenvalue weighted by Gasteiger charge is 2.19. The summed E-state index contributed by atoms with van der Waals surface area (Å²) < 4.78 is 14.2. The predicted octanol–water partition coefficient (Wildman–Crippen LogP) is 5.38. The van der Waals surface area contributed by atoms with Crippen molar-refractivity contribution in [2.45, 2.75) is 11.7 Å². The number of fused-ring (bicyclic) bond motifs is 1. The molecular weight excluding hydrogens is 480 g/mol. The summed E-state index contributed by atoms with van der Waals surface area (Å²) in [5, 5.41) is 13.0. The summed E-state index contributed by atoms with van der Waals surface area (Å²) in [5.74, 6) is 1.84. The first-order valence-corrected chi connectivity index (χ1v) is 11.2. The van der Waals surface area contributed by atoms with Crippen LogP contribution >= 0.6 is 27.7 Å². The molecule has 2 aromatic heterocycles. The van der Waals surface area contributed by atoms with E-state index >= 15 is 0 Å². The van der Waals surface area contributed by atoms with E-state index in [1.165, 1.54) is 11.8 Å². The third-order valence-electron chi connectivity index (χ3n) is 4.42. The fourth-order valence-electron chi connectivity index (χ4n) is 3.07. The molecule has 2 heterocycles. The molecule has 0 radical (unpaired) electrons. The third-order valence-corrected chi connectivity index (χ3v) is 5.88. The summed E-state index contributed by atoms with van der Waals surface area (Å²) >= 11 is 4.70. The number of aromatic nitrogens is 3. The molecule has 1 amide bonds. The van der Waals surface area contributed by atoms with Gasteiger partial charge in [0.05, 0.1) is 12.9 Å². The van der Waals surface area contributed by atoms with Crippen molar-refractivity contribution in [2.24, 2.45) is 0 Å². The van der Waals surface area contributed by atoms with Crippen LogP contribution in [-0.2, 0) is 11.3 Å². The number of benzene rings is 2. The van der Waals surface area contributed by atoms with Gasteiger partial charge in [-0.05, 0) is 30.3 Å². The molecule has 0 atom stereocenters. The molecule has 0 saturated carbocycles. The molecule has 9 heteroatoms. The lowest BCUT2D eigenvalue weighted by Crippen LogP contribution is -2.14. The van der Waals surface area contributed by atoms with Crippen LogP contribution in [-0.4, -0.2) is 33.5 Å². The molecule has 0 unspecified atom stereocenters. The number of carbonyl (C=O) groups excluding carboxylic acids is 1. The molecule has 4 aromatic rings. The molecule has 158 valence electrons. The lowest BCUT2D eigenvalue weighted by molar-refractivity contribution is -0.113. The number of amides is 1. The van der Waals surface area contributed by atoms with Gasteiger partial charge in [0.2, 0.25) is 11.7 Å². The van der Waals surface area contributed by atoms with Crippen molar-refractivity contribution in [2.75, 3.05) is 18.2 Å². The van der Waals surface area contributed by atoms with Gasteiger partial charge in [0.1, 0.15) is 0 Å². The quantitative estimate of drug-likeness (QED) is 0.259. The van der Waals surface area contributed by atoms with Crippen LogP contribution < -0.4 is 10.1 Å². The van der Waals surface area contributed by atoms with Crippen molar-refractivity contribution in [3.63, 3.8) is 0 Å². The molecular formula is C22H19BrN4O3S. The number of hydrogen-bond donors (Lipinski definition) is 1. The first-order valence-electron chi connectivity index (χ1n) is 9.38. The number of rotatable bonds is 8. The van der Waals surface area contributed by atoms with Crippen LogP contribution in [0.3, 0.4) is 0 Å². The number of nitrogens with zero attached hydrogens (tertiary/aromatic N) is 3. The van der Waals surface area contributed by atoms with Gasteiger partial charge in [0.25, 0.3) is 0 Å². The van der Waals surface area contributed by atoms with E-state index in [1.807, 2.05) is 53.1 Å². The van der Waals surface area contributed by atoms with Crippen molar-refractivity contribution in [1.29, 1.82) is 0 Å². The van der Waals surface area contributed by atoms with Crippen LogP contribution in [0.5, 0.6) is 5.75 Å². The fraction of sp³-hybridized carbons (Fsp3) is 0.136. The minimum atomic E-state index is -0.133. The van der Waals surface area contributed by atoms with Gasteiger partial charge in [-0.1, -0.05) is 52.0 Å². The molecule has 0 saturated heterocycles. The van der Waals surface area contributed by atoms with E-state index in [1.54, 1.807) is 13.2 Å². The Labute approximate surface area is 191 Å². The van der Waals surface area contributed by atoms with E-state index in [-0.39, 0.29) is 11.7 Å². The second kappa shape index (κ2) is 9.40. The van der Waals surface area contributed by atoms with Crippen LogP contribution in [0.2, 0.25) is 0 Å². The van der Waals surface area contributed by atoms with Gasteiger partial charge in [-0.15, -0.1) is 16.8 Å². The molecule has 0 bridgehead atoms. The largest absolute Gasteiger partial charge is 0.493 e. The van der Waals surface area contributed by atoms with E-state index in [4.69, 9.17) is 9.15 Å². The molecule has 0 spiro atoms. The zero-order valence-electron chi connectivity index (χ0n) is 16.7. The van der Waals surface area contributed by atoms with Crippen molar-refractivity contribution >= 4 is 50.3 Å². The van der Waals surface area contributed by atoms with Gasteiger partial charge in [0.15, 0.2) is 22.2 Å². The first kappa shape index (κ1) is 21.2. The number of anilines is 1. The minimum Gasteiger partial charge on any atom is -0.493 e. The SMILES string of the molecule is C=CCn1c(SCC(=O)Nc2cccc(Br)c2)nnc1-c1cc2cccc(OC)c2o1. The Morgan fingerprint density at radius 1 is 1.29 bits per heavy atom. The standard InChI is InChI=1S/C22H19BrN4O3S/c1-3-10-27-21(18-11-14-6-4-9-17(29-2)20(14)30-18)25-26-22(27)31-13-19(28)24-16-8-5-7-15(23)12-16/h3-9,11-12H,1,10,13H2,2H3,(H,24,28). The van der Waals surface area contributed by atoms with Gasteiger partial charge in [-0.3, -0.25) is 9.36 Å². The topological polar surface area (TPSA) is 82.2 Å². The van der Waals surface area contributed by atoms with Crippen molar-refractivity contribution in [3.8, 4) is 17.3 Å². The number of methoxy groups -OCH3 is 1. The maximum absolute atomic E-state index is 12.4. The summed E-state index contributed by atoms with van der Waals surface area (Å²) in [6.07, 6.45) is 1.75. The Kier molecular flexibility index (Phi) is 6.43. The average Bonchev–Trinajstić information content (AvgIpc) is 3.36. The first-order chi connectivity index (χ1) is 15.1. The van der Waals surface area contributed by atoms with Crippen LogP contribution in [0.25, 0.3) is 22.6 Å². The van der Waals surface area contributed by atoms with Crippen LogP contribution in [0.4, 0.5) is 5.69 Å². The molecule has 0 aliphatic heterocycles. The monoisotopic (exact) mass is 498 g/mol. The fourth-order valence-corrected chi connectivity index (χ4v) is 4.22. The summed E-state index contributed by atoms with van der Waals surface area (Å²) in [7, 11) is 1.60. The Balaban J connectivity index is 1.55. The number of ether oxygens (including phenoxy) is 1. The number of thioether (sulfide) groups is 1. The van der Waals surface area contributed by atoms with Gasteiger partial charge < -0.3 is 14.5 Å². The average molecular weight is 499 g/mol. The smallest absolute Gasteiger partial charge is 0.234 e. The molecule has 7 nitrogen and oxygen atoms in total. The molecule has 0 aliphatic rings. The zero-order chi connectivity index (χ0) is 21.8. The zero-order valence-corrected chi connectivity index (χ0v) is 19.1. The van der Waals surface area contributed by atoms with Gasteiger partial charge in [0, 0.05) is 22.1 Å². The molecule has 0 fully saturated rings. The summed E-state index contributed by atoms with van der Waals surface area (Å²) in [6.45, 7) is 4.30. The van der Waals surface area contributed by atoms with Crippen LogP contribution in [0.15, 0.2) is 75.2 Å². The second-order valence-electron chi connectivity index (χ2n) is 6.54. The lowest BCUT2D eigenvalue weighted by Gasteiger charge is -2.07. The molecule has 1 N–H and O–H groups in total.